The van der Waals surface area contributed by atoms with Crippen LogP contribution in [0, 0.1) is 13.8 Å². The van der Waals surface area contributed by atoms with E-state index in [9.17, 15) is 0 Å². The van der Waals surface area contributed by atoms with Crippen molar-refractivity contribution in [1.82, 2.24) is 0 Å². The Morgan fingerprint density at radius 3 is 2.12 bits per heavy atom. The van der Waals surface area contributed by atoms with Gasteiger partial charge in [-0.25, -0.2) is 0 Å². The summed E-state index contributed by atoms with van der Waals surface area (Å²) in [5.41, 5.74) is 4.03. The smallest absolute Gasteiger partial charge is 0.0507 e. The van der Waals surface area contributed by atoms with Crippen LogP contribution in [0.4, 0.5) is 5.69 Å². The molecule has 0 radical (unpaired) electrons. The molecule has 2 rings (SSSR count). The molecular formula is C22H33NS. The summed E-state index contributed by atoms with van der Waals surface area (Å²) in [5.74, 6) is 0. The van der Waals surface area contributed by atoms with Crippen LogP contribution >= 0.6 is 11.8 Å². The Labute approximate surface area is 153 Å². The summed E-state index contributed by atoms with van der Waals surface area (Å²) < 4.78 is 0. The zero-order valence-electron chi connectivity index (χ0n) is 16.2. The van der Waals surface area contributed by atoms with Gasteiger partial charge in [0.05, 0.1) is 5.69 Å². The van der Waals surface area contributed by atoms with Gasteiger partial charge < -0.3 is 4.90 Å². The first-order valence-electron chi connectivity index (χ1n) is 9.16. The van der Waals surface area contributed by atoms with Crippen LogP contribution in [0.25, 0.3) is 0 Å². The Bertz CT molecular complexity index is 607. The Morgan fingerprint density at radius 1 is 0.875 bits per heavy atom. The topological polar surface area (TPSA) is 3.24 Å². The average molecular weight is 344 g/mol. The molecule has 24 heavy (non-hydrogen) atoms. The van der Waals surface area contributed by atoms with Gasteiger partial charge in [0.2, 0.25) is 0 Å². The lowest BCUT2D eigenvalue weighted by Gasteiger charge is -2.25. The van der Waals surface area contributed by atoms with E-state index in [1.807, 2.05) is 11.8 Å². The fourth-order valence-electron chi connectivity index (χ4n) is 2.56. The molecule has 0 unspecified atom stereocenters. The molecule has 2 aromatic rings. The molecular weight excluding hydrogens is 310 g/mol. The number of hydrogen-bond donors (Lipinski definition) is 0. The van der Waals surface area contributed by atoms with Crippen LogP contribution in [-0.2, 0) is 0 Å². The molecule has 0 saturated heterocycles. The second-order valence-electron chi connectivity index (χ2n) is 6.13. The van der Waals surface area contributed by atoms with E-state index in [1.54, 1.807) is 0 Å². The number of benzene rings is 2. The van der Waals surface area contributed by atoms with E-state index in [1.165, 1.54) is 39.4 Å². The molecule has 2 aromatic carbocycles. The molecule has 0 aliphatic rings. The summed E-state index contributed by atoms with van der Waals surface area (Å²) >= 11 is 1.88. The molecule has 0 aromatic heterocycles. The van der Waals surface area contributed by atoms with Crippen LogP contribution in [0.1, 0.15) is 51.7 Å². The van der Waals surface area contributed by atoms with Crippen molar-refractivity contribution in [3.05, 3.63) is 53.6 Å². The third-order valence-corrected chi connectivity index (χ3v) is 4.87. The van der Waals surface area contributed by atoms with Gasteiger partial charge >= 0.3 is 0 Å². The molecule has 1 nitrogen and oxygen atoms in total. The number of hydrogen-bond acceptors (Lipinski definition) is 2. The first-order chi connectivity index (χ1) is 11.6. The van der Waals surface area contributed by atoms with Crippen molar-refractivity contribution >= 4 is 17.4 Å². The molecule has 0 saturated carbocycles. The van der Waals surface area contributed by atoms with Gasteiger partial charge in [-0.05, 0) is 51.0 Å². The monoisotopic (exact) mass is 343 g/mol. The standard InChI is InChI=1S/C19H25NS.C3H8/c1-5-13-20(6-2)17-9-7-8-10-19(17)21-18-12-11-15(3)14-16(18)4;1-3-2/h7-12,14H,5-6,13H2,1-4H3;3H2,1-2H3. The lowest BCUT2D eigenvalue weighted by Crippen LogP contribution is -2.23. The molecule has 0 spiro atoms. The highest BCUT2D eigenvalue weighted by molar-refractivity contribution is 7.99. The fourth-order valence-corrected chi connectivity index (χ4v) is 3.60. The van der Waals surface area contributed by atoms with E-state index >= 15 is 0 Å². The normalized spacial score (nSPS) is 10.1. The lowest BCUT2D eigenvalue weighted by atomic mass is 10.2. The molecule has 132 valence electrons. The maximum absolute atomic E-state index is 2.46. The predicted molar refractivity (Wildman–Crippen MR) is 111 cm³/mol. The largest absolute Gasteiger partial charge is 0.371 e. The summed E-state index contributed by atoms with van der Waals surface area (Å²) in [6.45, 7) is 15.2. The van der Waals surface area contributed by atoms with Crippen LogP contribution in [0.2, 0.25) is 0 Å². The number of aryl methyl sites for hydroxylation is 2. The zero-order chi connectivity index (χ0) is 17.9. The minimum Gasteiger partial charge on any atom is -0.371 e. The van der Waals surface area contributed by atoms with E-state index in [4.69, 9.17) is 0 Å². The summed E-state index contributed by atoms with van der Waals surface area (Å²) in [6.07, 6.45) is 2.43. The molecule has 0 aliphatic carbocycles. The fraction of sp³-hybridized carbons (Fsp3) is 0.455. The van der Waals surface area contributed by atoms with Gasteiger partial charge in [0.15, 0.2) is 0 Å². The van der Waals surface area contributed by atoms with E-state index < -0.39 is 0 Å². The van der Waals surface area contributed by atoms with Gasteiger partial charge in [-0.3, -0.25) is 0 Å². The highest BCUT2D eigenvalue weighted by atomic mass is 32.2. The van der Waals surface area contributed by atoms with Crippen LogP contribution < -0.4 is 4.90 Å². The van der Waals surface area contributed by atoms with Crippen molar-refractivity contribution in [2.45, 2.75) is 64.2 Å². The van der Waals surface area contributed by atoms with Gasteiger partial charge in [-0.15, -0.1) is 0 Å². The Balaban J connectivity index is 0.000000891. The highest BCUT2D eigenvalue weighted by Crippen LogP contribution is 2.37. The van der Waals surface area contributed by atoms with Crippen LogP contribution in [-0.4, -0.2) is 13.1 Å². The third-order valence-electron chi connectivity index (χ3n) is 3.63. The van der Waals surface area contributed by atoms with Crippen molar-refractivity contribution in [1.29, 1.82) is 0 Å². The first kappa shape index (κ1) is 20.6. The van der Waals surface area contributed by atoms with Crippen molar-refractivity contribution in [2.75, 3.05) is 18.0 Å². The summed E-state index contributed by atoms with van der Waals surface area (Å²) in [5, 5.41) is 0. The number of anilines is 1. The molecule has 0 fully saturated rings. The predicted octanol–water partition coefficient (Wildman–Crippen LogP) is 7.11. The number of para-hydroxylation sites is 1. The van der Waals surface area contributed by atoms with Crippen molar-refractivity contribution in [3.63, 3.8) is 0 Å². The Morgan fingerprint density at radius 2 is 1.54 bits per heavy atom. The maximum atomic E-state index is 2.46. The van der Waals surface area contributed by atoms with Gasteiger partial charge in [-0.2, -0.15) is 0 Å². The summed E-state index contributed by atoms with van der Waals surface area (Å²) in [7, 11) is 0. The van der Waals surface area contributed by atoms with Gasteiger partial charge in [0.1, 0.15) is 0 Å². The first-order valence-corrected chi connectivity index (χ1v) is 9.97. The number of rotatable bonds is 6. The quantitative estimate of drug-likeness (QED) is 0.550. The molecule has 0 atom stereocenters. The van der Waals surface area contributed by atoms with Crippen LogP contribution in [0.3, 0.4) is 0 Å². The molecule has 0 N–H and O–H groups in total. The van der Waals surface area contributed by atoms with E-state index in [2.05, 4.69) is 88.9 Å². The van der Waals surface area contributed by atoms with Gasteiger partial charge in [0, 0.05) is 22.9 Å². The van der Waals surface area contributed by atoms with Crippen LogP contribution in [0.15, 0.2) is 52.3 Å². The van der Waals surface area contributed by atoms with E-state index in [-0.39, 0.29) is 0 Å². The molecule has 0 aliphatic heterocycles. The van der Waals surface area contributed by atoms with Gasteiger partial charge in [0.25, 0.3) is 0 Å². The van der Waals surface area contributed by atoms with E-state index in [0.717, 1.165) is 13.1 Å². The summed E-state index contributed by atoms with van der Waals surface area (Å²) in [6, 6.07) is 15.4. The van der Waals surface area contributed by atoms with Crippen molar-refractivity contribution in [3.8, 4) is 0 Å². The van der Waals surface area contributed by atoms with Crippen LogP contribution in [0.5, 0.6) is 0 Å². The molecule has 2 heteroatoms. The van der Waals surface area contributed by atoms with Gasteiger partial charge in [-0.1, -0.05) is 68.8 Å². The minimum absolute atomic E-state index is 1.05. The molecule has 0 heterocycles. The molecule has 0 bridgehead atoms. The Hall–Kier alpha value is -1.41. The maximum Gasteiger partial charge on any atom is 0.0507 e. The average Bonchev–Trinajstić information content (AvgIpc) is 2.57. The molecule has 0 amide bonds. The summed E-state index contributed by atoms with van der Waals surface area (Å²) in [4.78, 5) is 5.16. The highest BCUT2D eigenvalue weighted by Gasteiger charge is 2.10. The van der Waals surface area contributed by atoms with Crippen molar-refractivity contribution in [2.24, 2.45) is 0 Å². The minimum atomic E-state index is 1.05. The number of nitrogens with zero attached hydrogens (tertiary/aromatic N) is 1. The SMILES string of the molecule is CCC.CCCN(CC)c1ccccc1Sc1ccc(C)cc1C. The second kappa shape index (κ2) is 11.2. The lowest BCUT2D eigenvalue weighted by molar-refractivity contribution is 0.784. The third kappa shape index (κ3) is 6.24. The Kier molecular flexibility index (Phi) is 9.63. The van der Waals surface area contributed by atoms with E-state index in [0.29, 0.717) is 0 Å². The second-order valence-corrected chi connectivity index (χ2v) is 7.21. The zero-order valence-corrected chi connectivity index (χ0v) is 17.0. The van der Waals surface area contributed by atoms with Crippen molar-refractivity contribution < 1.29 is 0 Å².